The van der Waals surface area contributed by atoms with Crippen LogP contribution in [-0.4, -0.2) is 12.5 Å². The van der Waals surface area contributed by atoms with Crippen LogP contribution in [-0.2, 0) is 17.6 Å². The minimum atomic E-state index is 0.0342. The maximum Gasteiger partial charge on any atom is 0.223 e. The first-order valence-corrected chi connectivity index (χ1v) is 8.52. The second-order valence-electron chi connectivity index (χ2n) is 6.34. The summed E-state index contributed by atoms with van der Waals surface area (Å²) in [6.07, 6.45) is 2.93. The number of carbonyl (C=O) groups excluding carboxylic acids is 1. The molecule has 0 aliphatic heterocycles. The van der Waals surface area contributed by atoms with Crippen molar-refractivity contribution in [3.05, 3.63) is 71.8 Å². The summed E-state index contributed by atoms with van der Waals surface area (Å²) in [5, 5.41) is 3.08. The number of rotatable bonds is 8. The summed E-state index contributed by atoms with van der Waals surface area (Å²) in [6, 6.07) is 20.8. The van der Waals surface area contributed by atoms with E-state index in [9.17, 15) is 4.79 Å². The Kier molecular flexibility index (Phi) is 6.86. The molecular weight excluding hydrogens is 282 g/mol. The van der Waals surface area contributed by atoms with Crippen LogP contribution in [0.3, 0.4) is 0 Å². The monoisotopic (exact) mass is 309 g/mol. The summed E-state index contributed by atoms with van der Waals surface area (Å²) >= 11 is 0. The molecule has 2 heteroatoms. The van der Waals surface area contributed by atoms with Gasteiger partial charge in [-0.25, -0.2) is 0 Å². The van der Waals surface area contributed by atoms with Crippen molar-refractivity contribution in [2.75, 3.05) is 6.54 Å². The Balaban J connectivity index is 1.70. The number of nitrogens with one attached hydrogen (secondary N) is 1. The fraction of sp³-hybridized carbons (Fsp3) is 0.381. The van der Waals surface area contributed by atoms with Crippen molar-refractivity contribution in [1.82, 2.24) is 5.32 Å². The van der Waals surface area contributed by atoms with E-state index in [2.05, 4.69) is 60.8 Å². The van der Waals surface area contributed by atoms with Crippen LogP contribution in [0.5, 0.6) is 0 Å². The Bertz CT molecular complexity index is 579. The summed E-state index contributed by atoms with van der Waals surface area (Å²) < 4.78 is 0. The van der Waals surface area contributed by atoms with E-state index in [1.165, 1.54) is 11.1 Å². The zero-order valence-corrected chi connectivity index (χ0v) is 14.2. The fourth-order valence-electron chi connectivity index (χ4n) is 2.73. The predicted molar refractivity (Wildman–Crippen MR) is 96.2 cm³/mol. The van der Waals surface area contributed by atoms with Crippen molar-refractivity contribution in [2.24, 2.45) is 11.8 Å². The van der Waals surface area contributed by atoms with Crippen LogP contribution >= 0.6 is 0 Å². The van der Waals surface area contributed by atoms with Gasteiger partial charge in [0.05, 0.1) is 0 Å². The average Bonchev–Trinajstić information content (AvgIpc) is 2.59. The summed E-state index contributed by atoms with van der Waals surface area (Å²) in [7, 11) is 0. The Morgan fingerprint density at radius 3 is 2.09 bits per heavy atom. The van der Waals surface area contributed by atoms with Crippen LogP contribution in [0.1, 0.15) is 31.4 Å². The molecule has 2 rings (SSSR count). The molecule has 1 N–H and O–H groups in total. The van der Waals surface area contributed by atoms with Gasteiger partial charge in [0.25, 0.3) is 0 Å². The average molecular weight is 309 g/mol. The first-order chi connectivity index (χ1) is 11.2. The predicted octanol–water partition coefficient (Wildman–Crippen LogP) is 4.25. The Hall–Kier alpha value is -2.09. The number of hydrogen-bond donors (Lipinski definition) is 1. The molecule has 0 saturated carbocycles. The zero-order chi connectivity index (χ0) is 16.5. The van der Waals surface area contributed by atoms with E-state index in [4.69, 9.17) is 0 Å². The summed E-state index contributed by atoms with van der Waals surface area (Å²) in [4.78, 5) is 12.3. The van der Waals surface area contributed by atoms with Crippen molar-refractivity contribution in [3.63, 3.8) is 0 Å². The van der Waals surface area contributed by atoms with Crippen LogP contribution in [0.25, 0.3) is 0 Å². The highest BCUT2D eigenvalue weighted by atomic mass is 16.1. The van der Waals surface area contributed by atoms with Gasteiger partial charge in [0.2, 0.25) is 5.91 Å². The SMILES string of the molecule is CC(Cc1ccccc1)C(C)C(=O)NCCCc1ccccc1. The lowest BCUT2D eigenvalue weighted by Crippen LogP contribution is -2.34. The molecule has 0 fully saturated rings. The minimum absolute atomic E-state index is 0.0342. The second kappa shape index (κ2) is 9.14. The van der Waals surface area contributed by atoms with Crippen LogP contribution in [0, 0.1) is 11.8 Å². The molecule has 122 valence electrons. The molecule has 0 saturated heterocycles. The van der Waals surface area contributed by atoms with E-state index in [1.807, 2.05) is 19.1 Å². The zero-order valence-electron chi connectivity index (χ0n) is 14.2. The van der Waals surface area contributed by atoms with Crippen molar-refractivity contribution in [1.29, 1.82) is 0 Å². The molecule has 0 aromatic heterocycles. The molecule has 0 aliphatic rings. The Morgan fingerprint density at radius 2 is 1.48 bits per heavy atom. The van der Waals surface area contributed by atoms with E-state index < -0.39 is 0 Å². The summed E-state index contributed by atoms with van der Waals surface area (Å²) in [6.45, 7) is 4.93. The van der Waals surface area contributed by atoms with Crippen LogP contribution in [0.2, 0.25) is 0 Å². The third kappa shape index (κ3) is 5.90. The molecule has 0 bridgehead atoms. The highest BCUT2D eigenvalue weighted by Crippen LogP contribution is 2.17. The largest absolute Gasteiger partial charge is 0.356 e. The van der Waals surface area contributed by atoms with Crippen molar-refractivity contribution >= 4 is 5.91 Å². The van der Waals surface area contributed by atoms with Gasteiger partial charge < -0.3 is 5.32 Å². The molecule has 0 radical (unpaired) electrons. The molecule has 0 heterocycles. The van der Waals surface area contributed by atoms with Gasteiger partial charge in [-0.1, -0.05) is 74.5 Å². The molecule has 23 heavy (non-hydrogen) atoms. The lowest BCUT2D eigenvalue weighted by molar-refractivity contribution is -0.125. The molecular formula is C21H27NO. The van der Waals surface area contributed by atoms with Gasteiger partial charge in [-0.2, -0.15) is 0 Å². The third-order valence-corrected chi connectivity index (χ3v) is 4.45. The van der Waals surface area contributed by atoms with E-state index in [-0.39, 0.29) is 11.8 Å². The highest BCUT2D eigenvalue weighted by Gasteiger charge is 2.19. The minimum Gasteiger partial charge on any atom is -0.356 e. The van der Waals surface area contributed by atoms with E-state index in [1.54, 1.807) is 0 Å². The summed E-state index contributed by atoms with van der Waals surface area (Å²) in [5.74, 6) is 0.542. The second-order valence-corrected chi connectivity index (χ2v) is 6.34. The van der Waals surface area contributed by atoms with Crippen molar-refractivity contribution < 1.29 is 4.79 Å². The Labute approximate surface area is 139 Å². The summed E-state index contributed by atoms with van der Waals surface area (Å²) in [5.41, 5.74) is 2.62. The number of aryl methyl sites for hydroxylation is 1. The number of benzene rings is 2. The van der Waals surface area contributed by atoms with Gasteiger partial charge in [-0.3, -0.25) is 4.79 Å². The quantitative estimate of drug-likeness (QED) is 0.726. The smallest absolute Gasteiger partial charge is 0.223 e. The third-order valence-electron chi connectivity index (χ3n) is 4.45. The molecule has 1 amide bonds. The van der Waals surface area contributed by atoms with Gasteiger partial charge in [-0.15, -0.1) is 0 Å². The Morgan fingerprint density at radius 1 is 0.913 bits per heavy atom. The molecule has 2 nitrogen and oxygen atoms in total. The van der Waals surface area contributed by atoms with Gasteiger partial charge in [0.15, 0.2) is 0 Å². The van der Waals surface area contributed by atoms with E-state index in [0.29, 0.717) is 5.92 Å². The molecule has 2 atom stereocenters. The molecule has 0 spiro atoms. The fourth-order valence-corrected chi connectivity index (χ4v) is 2.73. The molecule has 2 aromatic carbocycles. The maximum atomic E-state index is 12.3. The normalized spacial score (nSPS) is 13.3. The van der Waals surface area contributed by atoms with Crippen molar-refractivity contribution in [3.8, 4) is 0 Å². The number of amides is 1. The van der Waals surface area contributed by atoms with Crippen molar-refractivity contribution in [2.45, 2.75) is 33.1 Å². The number of carbonyl (C=O) groups is 1. The lowest BCUT2D eigenvalue weighted by atomic mass is 9.89. The highest BCUT2D eigenvalue weighted by molar-refractivity contribution is 5.78. The molecule has 0 aliphatic carbocycles. The van der Waals surface area contributed by atoms with Gasteiger partial charge in [0.1, 0.15) is 0 Å². The van der Waals surface area contributed by atoms with E-state index in [0.717, 1.165) is 25.8 Å². The first-order valence-electron chi connectivity index (χ1n) is 8.52. The van der Waals surface area contributed by atoms with Crippen LogP contribution < -0.4 is 5.32 Å². The number of hydrogen-bond acceptors (Lipinski definition) is 1. The first kappa shape index (κ1) is 17.3. The van der Waals surface area contributed by atoms with Gasteiger partial charge >= 0.3 is 0 Å². The molecule has 2 aromatic rings. The topological polar surface area (TPSA) is 29.1 Å². The standard InChI is InChI=1S/C21H27NO/c1-17(16-20-12-7-4-8-13-20)18(2)21(23)22-15-9-14-19-10-5-3-6-11-19/h3-8,10-13,17-18H,9,14-16H2,1-2H3,(H,22,23). The lowest BCUT2D eigenvalue weighted by Gasteiger charge is -2.19. The van der Waals surface area contributed by atoms with Gasteiger partial charge in [0, 0.05) is 12.5 Å². The maximum absolute atomic E-state index is 12.3. The van der Waals surface area contributed by atoms with Gasteiger partial charge in [-0.05, 0) is 36.3 Å². The van der Waals surface area contributed by atoms with Crippen LogP contribution in [0.4, 0.5) is 0 Å². The van der Waals surface area contributed by atoms with E-state index >= 15 is 0 Å². The van der Waals surface area contributed by atoms with Crippen LogP contribution in [0.15, 0.2) is 60.7 Å². The molecule has 2 unspecified atom stereocenters.